The molecule has 9 heteroatoms. The lowest BCUT2D eigenvalue weighted by molar-refractivity contribution is -0.135. The lowest BCUT2D eigenvalue weighted by Crippen LogP contribution is -2.70. The van der Waals surface area contributed by atoms with E-state index in [0.29, 0.717) is 38.5 Å². The number of hydrogen-bond donors (Lipinski definition) is 1. The maximum Gasteiger partial charge on any atom is 0.267 e. The van der Waals surface area contributed by atoms with Gasteiger partial charge in [0.2, 0.25) is 5.95 Å². The third-order valence-electron chi connectivity index (χ3n) is 8.05. The van der Waals surface area contributed by atoms with Gasteiger partial charge in [-0.3, -0.25) is 9.69 Å². The maximum atomic E-state index is 16.1. The SMILES string of the molecule is COCCOc1ccc(-c2ccnc(N(C(=O)C3(F)CCNCC3)C3(C)CN4CCC3CC4)n2)cc1. The Kier molecular flexibility index (Phi) is 7.23. The van der Waals surface area contributed by atoms with Gasteiger partial charge in [-0.25, -0.2) is 14.4 Å². The van der Waals surface area contributed by atoms with Gasteiger partial charge in [-0.2, -0.15) is 0 Å². The van der Waals surface area contributed by atoms with Crippen molar-refractivity contribution < 1.29 is 18.7 Å². The fourth-order valence-corrected chi connectivity index (χ4v) is 5.92. The number of carbonyl (C=O) groups is 1. The van der Waals surface area contributed by atoms with E-state index in [1.54, 1.807) is 18.2 Å². The van der Waals surface area contributed by atoms with Crippen LogP contribution in [0.1, 0.15) is 32.6 Å². The minimum absolute atomic E-state index is 0.164. The summed E-state index contributed by atoms with van der Waals surface area (Å²) in [7, 11) is 1.64. The molecule has 0 aliphatic carbocycles. The van der Waals surface area contributed by atoms with Crippen molar-refractivity contribution in [3.63, 3.8) is 0 Å². The summed E-state index contributed by atoms with van der Waals surface area (Å²) >= 11 is 0. The van der Waals surface area contributed by atoms with Gasteiger partial charge in [0, 0.05) is 38.3 Å². The van der Waals surface area contributed by atoms with Crippen LogP contribution in [0, 0.1) is 5.92 Å². The molecule has 1 atom stereocenters. The predicted molar refractivity (Wildman–Crippen MR) is 136 cm³/mol. The van der Waals surface area contributed by atoms with Gasteiger partial charge in [0.25, 0.3) is 5.91 Å². The molecule has 4 aliphatic heterocycles. The second-order valence-electron chi connectivity index (χ2n) is 10.4. The Morgan fingerprint density at radius 2 is 1.89 bits per heavy atom. The molecular formula is C27H36FN5O3. The maximum absolute atomic E-state index is 16.1. The highest BCUT2D eigenvalue weighted by Gasteiger charge is 2.55. The molecule has 1 aromatic heterocycles. The largest absolute Gasteiger partial charge is 0.491 e. The van der Waals surface area contributed by atoms with Crippen LogP contribution in [0.2, 0.25) is 0 Å². The van der Waals surface area contributed by atoms with Crippen molar-refractivity contribution in [1.29, 1.82) is 0 Å². The van der Waals surface area contributed by atoms with Gasteiger partial charge < -0.3 is 19.7 Å². The van der Waals surface area contributed by atoms with Crippen molar-refractivity contribution in [2.24, 2.45) is 5.92 Å². The standard InChI is InChI=1S/C27H36FN5O3/c1-26(19-32-15-8-21(26)9-16-32)33(24(34)27(28)10-13-29-14-11-27)25-30-12-7-23(31-25)20-3-5-22(6-4-20)36-18-17-35-2/h3-7,12,21,29H,8-11,13-19H2,1-2H3. The third kappa shape index (κ3) is 4.84. The van der Waals surface area contributed by atoms with Gasteiger partial charge in [-0.15, -0.1) is 0 Å². The Balaban J connectivity index is 1.48. The second-order valence-corrected chi connectivity index (χ2v) is 10.4. The Labute approximate surface area is 212 Å². The molecular weight excluding hydrogens is 461 g/mol. The molecule has 5 heterocycles. The molecule has 2 bridgehead atoms. The molecule has 0 spiro atoms. The van der Waals surface area contributed by atoms with Gasteiger partial charge in [-0.1, -0.05) is 0 Å². The number of nitrogens with one attached hydrogen (secondary N) is 1. The zero-order chi connectivity index (χ0) is 25.2. The summed E-state index contributed by atoms with van der Waals surface area (Å²) in [5, 5.41) is 3.17. The average Bonchev–Trinajstić information content (AvgIpc) is 2.90. The van der Waals surface area contributed by atoms with Crippen LogP contribution in [0.15, 0.2) is 36.5 Å². The smallest absolute Gasteiger partial charge is 0.267 e. The number of fused-ring (bicyclic) bond motifs is 3. The van der Waals surface area contributed by atoms with Crippen LogP contribution < -0.4 is 15.0 Å². The van der Waals surface area contributed by atoms with E-state index < -0.39 is 17.1 Å². The molecule has 1 N–H and O–H groups in total. The van der Waals surface area contributed by atoms with Crippen LogP contribution in [0.25, 0.3) is 11.3 Å². The van der Waals surface area contributed by atoms with Crippen LogP contribution in [-0.4, -0.2) is 85.0 Å². The van der Waals surface area contributed by atoms with E-state index in [9.17, 15) is 4.79 Å². The van der Waals surface area contributed by atoms with Crippen LogP contribution in [0.3, 0.4) is 0 Å². The summed E-state index contributed by atoms with van der Waals surface area (Å²) in [5.74, 6) is 0.809. The summed E-state index contributed by atoms with van der Waals surface area (Å²) in [6.45, 7) is 6.81. The van der Waals surface area contributed by atoms with Gasteiger partial charge in [0.05, 0.1) is 17.8 Å². The Hall–Kier alpha value is -2.62. The average molecular weight is 498 g/mol. The van der Waals surface area contributed by atoms with E-state index in [4.69, 9.17) is 14.5 Å². The monoisotopic (exact) mass is 497 g/mol. The number of anilines is 1. The van der Waals surface area contributed by atoms with Crippen molar-refractivity contribution >= 4 is 11.9 Å². The Morgan fingerprint density at radius 1 is 1.17 bits per heavy atom. The summed E-state index contributed by atoms with van der Waals surface area (Å²) in [5.41, 5.74) is -0.916. The number of methoxy groups -OCH3 is 1. The van der Waals surface area contributed by atoms with Gasteiger partial charge in [-0.05, 0) is 82.2 Å². The molecule has 1 amide bonds. The number of carbonyl (C=O) groups excluding carboxylic acids is 1. The topological polar surface area (TPSA) is 79.8 Å². The molecule has 8 nitrogen and oxygen atoms in total. The molecule has 6 rings (SSSR count). The van der Waals surface area contributed by atoms with E-state index in [2.05, 4.69) is 22.1 Å². The lowest BCUT2D eigenvalue weighted by atomic mass is 9.72. The number of amides is 1. The zero-order valence-electron chi connectivity index (χ0n) is 21.2. The summed E-state index contributed by atoms with van der Waals surface area (Å²) in [6.07, 6.45) is 3.98. The molecule has 194 valence electrons. The molecule has 1 aromatic carbocycles. The molecule has 4 aliphatic rings. The minimum atomic E-state index is -1.92. The third-order valence-corrected chi connectivity index (χ3v) is 8.05. The first-order valence-electron chi connectivity index (χ1n) is 12.9. The van der Waals surface area contributed by atoms with Crippen molar-refractivity contribution in [3.05, 3.63) is 36.5 Å². The fraction of sp³-hybridized carbons (Fsp3) is 0.593. The molecule has 1 unspecified atom stereocenters. The molecule has 36 heavy (non-hydrogen) atoms. The highest BCUT2D eigenvalue weighted by molar-refractivity contribution is 5.99. The predicted octanol–water partition coefficient (Wildman–Crippen LogP) is 3.08. The molecule has 4 saturated heterocycles. The van der Waals surface area contributed by atoms with E-state index in [1.807, 2.05) is 30.3 Å². The first-order chi connectivity index (χ1) is 17.4. The number of piperidine rings is 4. The Bertz CT molecular complexity index is 1050. The van der Waals surface area contributed by atoms with E-state index in [1.165, 1.54) is 0 Å². The van der Waals surface area contributed by atoms with E-state index >= 15 is 4.39 Å². The summed E-state index contributed by atoms with van der Waals surface area (Å²) in [6, 6.07) is 9.45. The number of halogens is 1. The summed E-state index contributed by atoms with van der Waals surface area (Å²) < 4.78 is 26.8. The molecule has 4 fully saturated rings. The number of nitrogens with zero attached hydrogens (tertiary/aromatic N) is 4. The summed E-state index contributed by atoms with van der Waals surface area (Å²) in [4.78, 5) is 27.4. The number of benzene rings is 1. The highest BCUT2D eigenvalue weighted by atomic mass is 19.1. The van der Waals surface area contributed by atoms with Gasteiger partial charge in [0.15, 0.2) is 5.67 Å². The second kappa shape index (κ2) is 10.4. The van der Waals surface area contributed by atoms with Gasteiger partial charge >= 0.3 is 0 Å². The van der Waals surface area contributed by atoms with Crippen molar-refractivity contribution in [2.75, 3.05) is 57.9 Å². The van der Waals surface area contributed by atoms with Gasteiger partial charge in [0.1, 0.15) is 12.4 Å². The van der Waals surface area contributed by atoms with Crippen LogP contribution in [0.4, 0.5) is 10.3 Å². The number of hydrogen-bond acceptors (Lipinski definition) is 7. The first kappa shape index (κ1) is 25.0. The normalized spacial score (nSPS) is 27.0. The molecule has 0 radical (unpaired) electrons. The van der Waals surface area contributed by atoms with Crippen LogP contribution in [0.5, 0.6) is 5.75 Å². The highest BCUT2D eigenvalue weighted by Crippen LogP contribution is 2.43. The van der Waals surface area contributed by atoms with Crippen LogP contribution in [-0.2, 0) is 9.53 Å². The van der Waals surface area contributed by atoms with Crippen molar-refractivity contribution in [2.45, 2.75) is 43.8 Å². The number of aromatic nitrogens is 2. The molecule has 2 aromatic rings. The number of rotatable bonds is 8. The van der Waals surface area contributed by atoms with Crippen molar-refractivity contribution in [3.8, 4) is 17.0 Å². The van der Waals surface area contributed by atoms with Crippen LogP contribution >= 0.6 is 0 Å². The van der Waals surface area contributed by atoms with E-state index in [-0.39, 0.29) is 24.7 Å². The lowest BCUT2D eigenvalue weighted by Gasteiger charge is -2.56. The molecule has 0 saturated carbocycles. The van der Waals surface area contributed by atoms with E-state index in [0.717, 1.165) is 37.2 Å². The van der Waals surface area contributed by atoms with Crippen molar-refractivity contribution in [1.82, 2.24) is 20.2 Å². The first-order valence-corrected chi connectivity index (χ1v) is 12.9. The number of alkyl halides is 1. The zero-order valence-corrected chi connectivity index (χ0v) is 21.2. The number of ether oxygens (including phenoxy) is 2. The quantitative estimate of drug-likeness (QED) is 0.562. The minimum Gasteiger partial charge on any atom is -0.491 e. The Morgan fingerprint density at radius 3 is 2.53 bits per heavy atom. The fourth-order valence-electron chi connectivity index (χ4n) is 5.92.